The minimum absolute atomic E-state index is 0.0357. The number of carbonyl (C=O) groups is 1. The summed E-state index contributed by atoms with van der Waals surface area (Å²) >= 11 is 0. The highest BCUT2D eigenvalue weighted by Gasteiger charge is 2.08. The van der Waals surface area contributed by atoms with E-state index in [0.29, 0.717) is 6.42 Å². The molecule has 0 spiro atoms. The van der Waals surface area contributed by atoms with Crippen LogP contribution in [0.5, 0.6) is 0 Å². The van der Waals surface area contributed by atoms with Crippen molar-refractivity contribution in [2.45, 2.75) is 58.0 Å². The van der Waals surface area contributed by atoms with E-state index in [9.17, 15) is 4.79 Å². The Morgan fingerprint density at radius 2 is 2.00 bits per heavy atom. The van der Waals surface area contributed by atoms with E-state index >= 15 is 0 Å². The van der Waals surface area contributed by atoms with Gasteiger partial charge in [-0.25, -0.2) is 0 Å². The molecule has 0 aromatic heterocycles. The van der Waals surface area contributed by atoms with Crippen LogP contribution in [0.15, 0.2) is 12.2 Å². The van der Waals surface area contributed by atoms with E-state index in [1.165, 1.54) is 19.3 Å². The summed E-state index contributed by atoms with van der Waals surface area (Å²) in [5.74, 6) is -0.0357. The lowest BCUT2D eigenvalue weighted by molar-refractivity contribution is -0.148. The van der Waals surface area contributed by atoms with Crippen molar-refractivity contribution in [3.8, 4) is 0 Å². The van der Waals surface area contributed by atoms with E-state index in [2.05, 4.69) is 12.2 Å². The van der Waals surface area contributed by atoms with Crippen LogP contribution in [0.1, 0.15) is 51.9 Å². The summed E-state index contributed by atoms with van der Waals surface area (Å²) in [6.45, 7) is 1.95. The smallest absolute Gasteiger partial charge is 0.306 e. The Bertz CT molecular complexity index is 196. The third kappa shape index (κ3) is 5.05. The quantitative estimate of drug-likeness (QED) is 0.439. The molecule has 0 fully saturated rings. The maximum absolute atomic E-state index is 11.3. The zero-order valence-electron chi connectivity index (χ0n) is 9.00. The molecule has 1 rings (SSSR count). The Balaban J connectivity index is 2.36. The van der Waals surface area contributed by atoms with Crippen LogP contribution in [0, 0.1) is 0 Å². The molecule has 0 aromatic rings. The van der Waals surface area contributed by atoms with Crippen molar-refractivity contribution in [1.29, 1.82) is 0 Å². The molecule has 0 saturated heterocycles. The van der Waals surface area contributed by atoms with Gasteiger partial charge < -0.3 is 4.74 Å². The summed E-state index contributed by atoms with van der Waals surface area (Å²) in [5.41, 5.74) is 0. The van der Waals surface area contributed by atoms with Crippen LogP contribution in [0.2, 0.25) is 0 Å². The van der Waals surface area contributed by atoms with Gasteiger partial charge in [-0.3, -0.25) is 4.79 Å². The van der Waals surface area contributed by atoms with Crippen LogP contribution in [-0.4, -0.2) is 12.1 Å². The zero-order chi connectivity index (χ0) is 10.2. The van der Waals surface area contributed by atoms with Gasteiger partial charge in [-0.2, -0.15) is 0 Å². The predicted octanol–water partition coefficient (Wildman–Crippen LogP) is 3.22. The van der Waals surface area contributed by atoms with Crippen LogP contribution in [-0.2, 0) is 9.53 Å². The van der Waals surface area contributed by atoms with Gasteiger partial charge in [0.1, 0.15) is 6.10 Å². The minimum atomic E-state index is -0.0357. The van der Waals surface area contributed by atoms with E-state index in [0.717, 1.165) is 19.3 Å². The fraction of sp³-hybridized carbons (Fsp3) is 0.750. The Morgan fingerprint density at radius 1 is 1.21 bits per heavy atom. The molecule has 0 aromatic carbocycles. The molecule has 0 bridgehead atoms. The lowest BCUT2D eigenvalue weighted by Crippen LogP contribution is -2.14. The Labute approximate surface area is 86.3 Å². The minimum Gasteiger partial charge on any atom is -0.462 e. The van der Waals surface area contributed by atoms with E-state index < -0.39 is 0 Å². The van der Waals surface area contributed by atoms with Gasteiger partial charge in [0.25, 0.3) is 0 Å². The van der Waals surface area contributed by atoms with Crippen LogP contribution < -0.4 is 0 Å². The highest BCUT2D eigenvalue weighted by atomic mass is 16.5. The summed E-state index contributed by atoms with van der Waals surface area (Å²) in [4.78, 5) is 11.3. The van der Waals surface area contributed by atoms with E-state index in [1.807, 2.05) is 6.92 Å². The van der Waals surface area contributed by atoms with Crippen molar-refractivity contribution in [2.75, 3.05) is 0 Å². The first-order valence-electron chi connectivity index (χ1n) is 5.63. The highest BCUT2D eigenvalue weighted by molar-refractivity contribution is 5.69. The normalized spacial score (nSPS) is 26.1. The number of ether oxygens (including phenoxy) is 1. The summed E-state index contributed by atoms with van der Waals surface area (Å²) in [6, 6.07) is 0. The van der Waals surface area contributed by atoms with Crippen molar-refractivity contribution < 1.29 is 9.53 Å². The predicted molar refractivity (Wildman–Crippen MR) is 57.0 cm³/mol. The zero-order valence-corrected chi connectivity index (χ0v) is 9.00. The Morgan fingerprint density at radius 3 is 2.86 bits per heavy atom. The van der Waals surface area contributed by atoms with Crippen LogP contribution in [0.3, 0.4) is 0 Å². The van der Waals surface area contributed by atoms with Gasteiger partial charge in [0.15, 0.2) is 0 Å². The fourth-order valence-electron chi connectivity index (χ4n) is 1.62. The second-order valence-electron chi connectivity index (χ2n) is 3.96. The first-order valence-corrected chi connectivity index (χ1v) is 5.63. The summed E-state index contributed by atoms with van der Waals surface area (Å²) < 4.78 is 5.23. The maximum atomic E-state index is 11.3. The molecular weight excluding hydrogens is 176 g/mol. The summed E-state index contributed by atoms with van der Waals surface area (Å²) in [5, 5.41) is 0. The van der Waals surface area contributed by atoms with Gasteiger partial charge >= 0.3 is 5.97 Å². The fourth-order valence-corrected chi connectivity index (χ4v) is 1.62. The van der Waals surface area contributed by atoms with E-state index in [4.69, 9.17) is 4.74 Å². The lowest BCUT2D eigenvalue weighted by atomic mass is 10.1. The standard InChI is InChI=1S/C12H20O2/c1-11-9-7-5-3-2-4-6-8-10-12(13)14-11/h5,7,11H,2-4,6,8-10H2,1H3. The maximum Gasteiger partial charge on any atom is 0.306 e. The van der Waals surface area contributed by atoms with Gasteiger partial charge in [0.05, 0.1) is 0 Å². The molecule has 0 radical (unpaired) electrons. The third-order valence-corrected chi connectivity index (χ3v) is 2.47. The molecule has 0 saturated carbocycles. The largest absolute Gasteiger partial charge is 0.462 e. The van der Waals surface area contributed by atoms with Gasteiger partial charge in [0.2, 0.25) is 0 Å². The van der Waals surface area contributed by atoms with Gasteiger partial charge in [-0.15, -0.1) is 0 Å². The molecule has 80 valence electrons. The first kappa shape index (κ1) is 11.3. The molecule has 1 unspecified atom stereocenters. The number of hydrogen-bond acceptors (Lipinski definition) is 2. The van der Waals surface area contributed by atoms with E-state index in [1.54, 1.807) is 0 Å². The summed E-state index contributed by atoms with van der Waals surface area (Å²) in [6.07, 6.45) is 11.6. The summed E-state index contributed by atoms with van der Waals surface area (Å²) in [7, 11) is 0. The number of allylic oxidation sites excluding steroid dienone is 1. The van der Waals surface area contributed by atoms with Gasteiger partial charge in [-0.05, 0) is 26.2 Å². The second kappa shape index (κ2) is 6.63. The third-order valence-electron chi connectivity index (χ3n) is 2.47. The lowest BCUT2D eigenvalue weighted by Gasteiger charge is -2.11. The highest BCUT2D eigenvalue weighted by Crippen LogP contribution is 2.10. The molecule has 1 aliphatic heterocycles. The molecule has 1 aliphatic rings. The molecule has 2 heteroatoms. The average Bonchev–Trinajstić information content (AvgIpc) is 2.13. The van der Waals surface area contributed by atoms with Crippen molar-refractivity contribution >= 4 is 5.97 Å². The van der Waals surface area contributed by atoms with E-state index in [-0.39, 0.29) is 12.1 Å². The van der Waals surface area contributed by atoms with Crippen LogP contribution in [0.4, 0.5) is 0 Å². The topological polar surface area (TPSA) is 26.3 Å². The van der Waals surface area contributed by atoms with Crippen LogP contribution in [0.25, 0.3) is 0 Å². The van der Waals surface area contributed by atoms with Crippen molar-refractivity contribution in [3.63, 3.8) is 0 Å². The van der Waals surface area contributed by atoms with Crippen molar-refractivity contribution in [3.05, 3.63) is 12.2 Å². The number of cyclic esters (lactones) is 1. The molecule has 0 amide bonds. The molecule has 1 atom stereocenters. The van der Waals surface area contributed by atoms with Crippen molar-refractivity contribution in [2.24, 2.45) is 0 Å². The number of hydrogen-bond donors (Lipinski definition) is 0. The average molecular weight is 196 g/mol. The molecule has 1 heterocycles. The molecular formula is C12H20O2. The number of rotatable bonds is 0. The second-order valence-corrected chi connectivity index (χ2v) is 3.96. The Kier molecular flexibility index (Phi) is 5.35. The monoisotopic (exact) mass is 196 g/mol. The van der Waals surface area contributed by atoms with Gasteiger partial charge in [0, 0.05) is 12.8 Å². The molecule has 0 aliphatic carbocycles. The molecule has 2 nitrogen and oxygen atoms in total. The SMILES string of the molecule is CC1CC=CCCCCCCC(=O)O1. The van der Waals surface area contributed by atoms with Gasteiger partial charge in [-0.1, -0.05) is 25.0 Å². The first-order chi connectivity index (χ1) is 6.79. The molecule has 14 heavy (non-hydrogen) atoms. The van der Waals surface area contributed by atoms with Crippen LogP contribution >= 0.6 is 0 Å². The Hall–Kier alpha value is -0.790. The van der Waals surface area contributed by atoms with Crippen molar-refractivity contribution in [1.82, 2.24) is 0 Å². The molecule has 0 N–H and O–H groups in total. The number of carbonyl (C=O) groups excluding carboxylic acids is 1. The number of esters is 1.